The first-order valence-corrected chi connectivity index (χ1v) is 28.6. The Morgan fingerprint density at radius 1 is 0.775 bits per heavy atom. The summed E-state index contributed by atoms with van der Waals surface area (Å²) in [4.78, 5) is 61.9. The predicted octanol–water partition coefficient (Wildman–Crippen LogP) is 9.38. The van der Waals surface area contributed by atoms with E-state index in [0.717, 1.165) is 61.6 Å². The van der Waals surface area contributed by atoms with Gasteiger partial charge in [0.15, 0.2) is 12.3 Å². The van der Waals surface area contributed by atoms with Gasteiger partial charge in [-0.15, -0.1) is 0 Å². The molecule has 0 amide bonds. The van der Waals surface area contributed by atoms with Gasteiger partial charge in [0, 0.05) is 19.0 Å². The van der Waals surface area contributed by atoms with Crippen LogP contribution in [0.4, 0.5) is 5.82 Å². The zero-order chi connectivity index (χ0) is 52.3. The van der Waals surface area contributed by atoms with E-state index in [9.17, 15) is 48.6 Å². The second kappa shape index (κ2) is 37.4. The Kier molecular flexibility index (Phi) is 33.6. The van der Waals surface area contributed by atoms with Crippen molar-refractivity contribution in [3.8, 4) is 0 Å². The molecule has 0 aromatic carbocycles. The number of phosphoric acid groups is 2. The molecule has 1 aliphatic heterocycles. The average molecular weight is 1050 g/mol. The van der Waals surface area contributed by atoms with Gasteiger partial charge in [0.05, 0.1) is 19.3 Å². The van der Waals surface area contributed by atoms with Crippen LogP contribution in [0.25, 0.3) is 0 Å². The van der Waals surface area contributed by atoms with Gasteiger partial charge in [-0.25, -0.2) is 13.9 Å². The molecule has 1 aromatic heterocycles. The number of allylic oxidation sites excluding steroid dienone is 7. The summed E-state index contributed by atoms with van der Waals surface area (Å²) in [6.45, 7) is 4.24. The van der Waals surface area contributed by atoms with Crippen molar-refractivity contribution in [3.63, 3.8) is 0 Å². The van der Waals surface area contributed by atoms with Crippen molar-refractivity contribution < 1.29 is 71.4 Å². The molecule has 0 saturated carbocycles. The Labute approximate surface area is 421 Å². The second-order valence-corrected chi connectivity index (χ2v) is 21.4. The Morgan fingerprint density at radius 3 is 2.03 bits per heavy atom. The Morgan fingerprint density at radius 2 is 1.38 bits per heavy atom. The Balaban J connectivity index is 1.86. The summed E-state index contributed by atoms with van der Waals surface area (Å²) in [5.74, 6) is -0.737. The van der Waals surface area contributed by atoms with Gasteiger partial charge < -0.3 is 45.1 Å². The summed E-state index contributed by atoms with van der Waals surface area (Å²) in [6, 6.07) is 1.24. The maximum absolute atomic E-state index is 12.9. The molecular formula is C50H85N3O16P2. The number of aliphatic hydroxyl groups is 3. The number of carbonyl (C=O) groups is 2. The molecular weight excluding hydrogens is 961 g/mol. The topological polar surface area (TPSA) is 286 Å². The van der Waals surface area contributed by atoms with Crippen LogP contribution in [0.5, 0.6) is 0 Å². The number of nitrogens with zero attached hydrogens (tertiary/aromatic N) is 2. The second-order valence-electron chi connectivity index (χ2n) is 18.4. The van der Waals surface area contributed by atoms with Crippen LogP contribution in [-0.2, 0) is 46.3 Å². The standard InChI is InChI=1S/C50H85N3O16P2/c1-4-5-6-7-8-9-10-11-15-18-21-24-27-31-41(54)32-29-34-46(56)67-42(37-64-45(55)33-28-25-22-19-16-13-12-14-17-20-23-26-30-40(2)3)38-65-70(60,61)69-71(62,63)66-39-43-47(57)48(58)49(68-43)53-36-35-44(51)52-50(53)59/h8-9,11,15,21,24,27,31,35-36,40-43,47-49,54,57-58H,4-7,10,12-14,16-20,22-23,25-26,28-30,32-34,37-39H2,1-3H3,(H,60,61)(H,62,63)(H2,51,52,59)/b9-8-,15-11-,24-21-,31-27+/t41-,42+,43+,47+,48+,49+/m0/s1. The number of unbranched alkanes of at least 4 members (excludes halogenated alkanes) is 14. The molecule has 1 fully saturated rings. The SMILES string of the molecule is CCCCC/C=C\C/C=C\C/C=C\C=C\[C@H](O)CCCC(=O)O[C@H](COC(=O)CCCCCCCCCCCCCCC(C)C)COP(=O)(O)OP(=O)(O)OC[C@H]1O[C@@H](n2ccc(N)nc2=O)[C@H](O)[C@@H]1O. The Hall–Kier alpha value is -3.32. The maximum Gasteiger partial charge on any atom is 0.481 e. The first-order chi connectivity index (χ1) is 33.9. The van der Waals surface area contributed by atoms with Gasteiger partial charge in [-0.2, -0.15) is 9.29 Å². The van der Waals surface area contributed by atoms with Gasteiger partial charge in [-0.3, -0.25) is 23.2 Å². The number of aliphatic hydroxyl groups excluding tert-OH is 3. The number of phosphoric ester groups is 2. The largest absolute Gasteiger partial charge is 0.481 e. The van der Waals surface area contributed by atoms with Gasteiger partial charge in [0.2, 0.25) is 0 Å². The summed E-state index contributed by atoms with van der Waals surface area (Å²) in [5.41, 5.74) is 4.57. The molecule has 2 heterocycles. The van der Waals surface area contributed by atoms with Gasteiger partial charge in [-0.1, -0.05) is 159 Å². The first kappa shape index (κ1) is 63.8. The molecule has 0 radical (unpaired) electrons. The summed E-state index contributed by atoms with van der Waals surface area (Å²) in [5, 5.41) is 31.3. The van der Waals surface area contributed by atoms with Crippen molar-refractivity contribution in [2.45, 2.75) is 205 Å². The number of hydrogen-bond acceptors (Lipinski definition) is 16. The van der Waals surface area contributed by atoms with Crippen molar-refractivity contribution in [2.24, 2.45) is 5.92 Å². The fraction of sp³-hybridized carbons (Fsp3) is 0.720. The van der Waals surface area contributed by atoms with Gasteiger partial charge in [0.25, 0.3) is 0 Å². The fourth-order valence-electron chi connectivity index (χ4n) is 7.42. The highest BCUT2D eigenvalue weighted by Crippen LogP contribution is 2.60. The zero-order valence-electron chi connectivity index (χ0n) is 42.3. The van der Waals surface area contributed by atoms with Gasteiger partial charge in [0.1, 0.15) is 30.7 Å². The van der Waals surface area contributed by atoms with Crippen LogP contribution >= 0.6 is 15.6 Å². The van der Waals surface area contributed by atoms with E-state index in [2.05, 4.69) is 54.4 Å². The molecule has 406 valence electrons. The van der Waals surface area contributed by atoms with E-state index in [-0.39, 0.29) is 31.5 Å². The summed E-state index contributed by atoms with van der Waals surface area (Å²) < 4.78 is 56.6. The molecule has 0 bridgehead atoms. The van der Waals surface area contributed by atoms with Crippen LogP contribution in [-0.4, -0.2) is 96.9 Å². The highest BCUT2D eigenvalue weighted by Gasteiger charge is 2.46. The van der Waals surface area contributed by atoms with Crippen LogP contribution in [0.15, 0.2) is 65.7 Å². The van der Waals surface area contributed by atoms with E-state index in [1.807, 2.05) is 12.2 Å². The van der Waals surface area contributed by atoms with E-state index in [1.165, 1.54) is 76.7 Å². The number of nitrogens with two attached hydrogens (primary N) is 1. The van der Waals surface area contributed by atoms with Crippen molar-refractivity contribution in [2.75, 3.05) is 25.6 Å². The molecule has 21 heteroatoms. The highest BCUT2D eigenvalue weighted by molar-refractivity contribution is 7.61. The monoisotopic (exact) mass is 1050 g/mol. The number of rotatable bonds is 41. The molecule has 71 heavy (non-hydrogen) atoms. The lowest BCUT2D eigenvalue weighted by molar-refractivity contribution is -0.161. The van der Waals surface area contributed by atoms with Crippen molar-refractivity contribution >= 4 is 33.4 Å². The number of carbonyl (C=O) groups excluding carboxylic acids is 2. The van der Waals surface area contributed by atoms with Crippen LogP contribution in [0.3, 0.4) is 0 Å². The van der Waals surface area contributed by atoms with Crippen LogP contribution < -0.4 is 11.4 Å². The molecule has 1 aliphatic rings. The summed E-state index contributed by atoms with van der Waals surface area (Å²) >= 11 is 0. The van der Waals surface area contributed by atoms with E-state index < -0.39 is 89.8 Å². The van der Waals surface area contributed by atoms with Gasteiger partial charge >= 0.3 is 33.3 Å². The quantitative estimate of drug-likeness (QED) is 0.0117. The predicted molar refractivity (Wildman–Crippen MR) is 272 cm³/mol. The average Bonchev–Trinajstić information content (AvgIpc) is 3.59. The van der Waals surface area contributed by atoms with Gasteiger partial charge in [-0.05, 0) is 56.9 Å². The smallest absolute Gasteiger partial charge is 0.462 e. The zero-order valence-corrected chi connectivity index (χ0v) is 44.1. The Bertz CT molecular complexity index is 1910. The third-order valence-corrected chi connectivity index (χ3v) is 14.1. The lowest BCUT2D eigenvalue weighted by Crippen LogP contribution is -2.36. The number of aromatic nitrogens is 2. The lowest BCUT2D eigenvalue weighted by atomic mass is 10.0. The molecule has 8 atom stereocenters. The minimum absolute atomic E-state index is 0.0872. The fourth-order valence-corrected chi connectivity index (χ4v) is 9.53. The van der Waals surface area contributed by atoms with E-state index in [1.54, 1.807) is 12.2 Å². The minimum atomic E-state index is -5.47. The molecule has 19 nitrogen and oxygen atoms in total. The number of hydrogen-bond donors (Lipinski definition) is 6. The highest BCUT2D eigenvalue weighted by atomic mass is 31.3. The molecule has 1 saturated heterocycles. The van der Waals surface area contributed by atoms with Crippen molar-refractivity contribution in [3.05, 3.63) is 71.4 Å². The molecule has 0 spiro atoms. The number of anilines is 1. The lowest BCUT2D eigenvalue weighted by Gasteiger charge is -2.21. The summed E-state index contributed by atoms with van der Waals surface area (Å²) in [6.07, 6.45) is 29.4. The number of ether oxygens (including phenoxy) is 3. The first-order valence-electron chi connectivity index (χ1n) is 25.6. The summed E-state index contributed by atoms with van der Waals surface area (Å²) in [7, 11) is -10.9. The van der Waals surface area contributed by atoms with Crippen molar-refractivity contribution in [1.29, 1.82) is 0 Å². The number of esters is 2. The normalized spacial score (nSPS) is 20.1. The molecule has 2 unspecified atom stereocenters. The maximum atomic E-state index is 12.9. The van der Waals surface area contributed by atoms with Crippen LogP contribution in [0.1, 0.15) is 175 Å². The number of nitrogen functional groups attached to an aromatic ring is 1. The van der Waals surface area contributed by atoms with Crippen LogP contribution in [0, 0.1) is 5.92 Å². The molecule has 2 rings (SSSR count). The third-order valence-electron chi connectivity index (χ3n) is 11.4. The molecule has 0 aliphatic carbocycles. The minimum Gasteiger partial charge on any atom is -0.462 e. The third kappa shape index (κ3) is 31.1. The van der Waals surface area contributed by atoms with E-state index >= 15 is 0 Å². The molecule has 7 N–H and O–H groups in total. The molecule has 1 aromatic rings. The van der Waals surface area contributed by atoms with E-state index in [0.29, 0.717) is 6.42 Å². The van der Waals surface area contributed by atoms with Crippen LogP contribution in [0.2, 0.25) is 0 Å². The van der Waals surface area contributed by atoms with E-state index in [4.69, 9.17) is 29.0 Å². The van der Waals surface area contributed by atoms with Crippen molar-refractivity contribution in [1.82, 2.24) is 9.55 Å².